The van der Waals surface area contributed by atoms with Gasteiger partial charge in [0, 0.05) is 23.0 Å². The molecule has 2 rings (SSSR count). The summed E-state index contributed by atoms with van der Waals surface area (Å²) in [5, 5.41) is 0. The minimum atomic E-state index is 0. The second kappa shape index (κ2) is 8.56. The predicted molar refractivity (Wildman–Crippen MR) is 56.8 cm³/mol. The molecule has 1 heteroatoms. The van der Waals surface area contributed by atoms with E-state index < -0.39 is 0 Å². The number of allylic oxidation sites excluding steroid dienone is 1. The molecule has 14 heavy (non-hydrogen) atoms. The van der Waals surface area contributed by atoms with Crippen LogP contribution >= 0.6 is 0 Å². The Morgan fingerprint density at radius 3 is 1.43 bits per heavy atom. The van der Waals surface area contributed by atoms with Crippen molar-refractivity contribution in [2.45, 2.75) is 6.92 Å². The number of hydrogen-bond acceptors (Lipinski definition) is 0. The Balaban J connectivity index is 0.000000246. The fraction of sp³-hybridized carbons (Fsp3) is 0.0769. The van der Waals surface area contributed by atoms with Crippen LogP contribution in [0.3, 0.4) is 0 Å². The molecule has 0 aromatic rings. The first-order valence-corrected chi connectivity index (χ1v) is 4.35. The van der Waals surface area contributed by atoms with E-state index >= 15 is 0 Å². The van der Waals surface area contributed by atoms with Crippen LogP contribution in [0.1, 0.15) is 6.92 Å². The Hall–Kier alpha value is 0.259. The number of hydrogen-bond donors (Lipinski definition) is 0. The van der Waals surface area contributed by atoms with Crippen LogP contribution in [0.25, 0.3) is 0 Å². The molecule has 0 nitrogen and oxygen atoms in total. The first kappa shape index (κ1) is 14.3. The largest absolute Gasteiger partial charge is 0.0995 e. The van der Waals surface area contributed by atoms with Crippen molar-refractivity contribution in [1.29, 1.82) is 0 Å². The Bertz CT molecular complexity index is 134. The summed E-state index contributed by atoms with van der Waals surface area (Å²) in [4.78, 5) is 0. The molecule has 10 radical (unpaired) electrons. The van der Waals surface area contributed by atoms with Crippen LogP contribution in [0.5, 0.6) is 0 Å². The second-order valence-corrected chi connectivity index (χ2v) is 2.92. The maximum atomic E-state index is 3.80. The van der Waals surface area contributed by atoms with E-state index in [0.717, 1.165) is 5.57 Å². The van der Waals surface area contributed by atoms with Crippen molar-refractivity contribution in [3.8, 4) is 0 Å². The standard InChI is InChI=1S/C8H9.C5H5.Fe/c1-7(2)8-5-3-4-6-8;1-2-4-5-3-1;/h3-6H,1H2,2H3;1-5H;. The Morgan fingerprint density at radius 2 is 1.21 bits per heavy atom. The molecule has 2 aliphatic carbocycles. The molecule has 0 N–H and O–H groups in total. The Kier molecular flexibility index (Phi) is 8.72. The van der Waals surface area contributed by atoms with Gasteiger partial charge in [-0.1, -0.05) is 12.2 Å². The van der Waals surface area contributed by atoms with Crippen molar-refractivity contribution in [1.82, 2.24) is 0 Å². The second-order valence-electron chi connectivity index (χ2n) is 2.92. The molecular formula is C13H14Fe. The maximum Gasteiger partial charge on any atom is 0.00738 e. The van der Waals surface area contributed by atoms with Crippen molar-refractivity contribution < 1.29 is 17.1 Å². The monoisotopic (exact) mass is 226 g/mol. The van der Waals surface area contributed by atoms with E-state index in [1.807, 2.05) is 51.9 Å². The maximum absolute atomic E-state index is 3.80. The van der Waals surface area contributed by atoms with Crippen LogP contribution in [0, 0.1) is 63.7 Å². The summed E-state index contributed by atoms with van der Waals surface area (Å²) in [5.41, 5.74) is 1.13. The van der Waals surface area contributed by atoms with Gasteiger partial charge in [0.05, 0.1) is 0 Å². The van der Waals surface area contributed by atoms with E-state index in [1.54, 1.807) is 0 Å². The van der Waals surface area contributed by atoms with Gasteiger partial charge in [-0.2, -0.15) is 0 Å². The van der Waals surface area contributed by atoms with Crippen LogP contribution in [0.2, 0.25) is 0 Å². The smallest absolute Gasteiger partial charge is 0.00738 e. The minimum Gasteiger partial charge on any atom is -0.0995 e. The van der Waals surface area contributed by atoms with Crippen molar-refractivity contribution >= 4 is 0 Å². The zero-order valence-electron chi connectivity index (χ0n) is 8.26. The molecule has 0 aromatic heterocycles. The molecule has 0 bridgehead atoms. The van der Waals surface area contributed by atoms with E-state index in [0.29, 0.717) is 0 Å². The molecular weight excluding hydrogens is 212 g/mol. The zero-order valence-corrected chi connectivity index (χ0v) is 9.36. The van der Waals surface area contributed by atoms with E-state index in [4.69, 9.17) is 0 Å². The van der Waals surface area contributed by atoms with Crippen LogP contribution in [0.15, 0.2) is 12.2 Å². The summed E-state index contributed by atoms with van der Waals surface area (Å²) in [6, 6.07) is 0. The Morgan fingerprint density at radius 1 is 0.857 bits per heavy atom. The van der Waals surface area contributed by atoms with E-state index in [-0.39, 0.29) is 17.1 Å². The van der Waals surface area contributed by atoms with Gasteiger partial charge < -0.3 is 0 Å². The molecule has 0 heterocycles. The quantitative estimate of drug-likeness (QED) is 0.603. The van der Waals surface area contributed by atoms with Gasteiger partial charge in [0.1, 0.15) is 0 Å². The summed E-state index contributed by atoms with van der Waals surface area (Å²) < 4.78 is 0. The van der Waals surface area contributed by atoms with E-state index in [1.165, 1.54) is 5.92 Å². The fourth-order valence-electron chi connectivity index (χ4n) is 0.979. The first-order chi connectivity index (χ1) is 6.30. The third-order valence-electron chi connectivity index (χ3n) is 1.71. The van der Waals surface area contributed by atoms with Gasteiger partial charge in [0.2, 0.25) is 0 Å². The summed E-state index contributed by atoms with van der Waals surface area (Å²) in [6.45, 7) is 5.81. The van der Waals surface area contributed by atoms with Gasteiger partial charge in [0.25, 0.3) is 0 Å². The molecule has 0 aliphatic heterocycles. The minimum absolute atomic E-state index is 0. The van der Waals surface area contributed by atoms with Crippen LogP contribution in [-0.2, 0) is 17.1 Å². The summed E-state index contributed by atoms with van der Waals surface area (Å²) in [7, 11) is 0. The van der Waals surface area contributed by atoms with E-state index in [9.17, 15) is 0 Å². The summed E-state index contributed by atoms with van der Waals surface area (Å²) >= 11 is 0. The molecule has 2 fully saturated rings. The van der Waals surface area contributed by atoms with E-state index in [2.05, 4.69) is 19.4 Å². The van der Waals surface area contributed by atoms with Crippen molar-refractivity contribution in [3.63, 3.8) is 0 Å². The van der Waals surface area contributed by atoms with Gasteiger partial charge in [-0.15, -0.1) is 0 Å². The molecule has 2 aliphatic rings. The third-order valence-corrected chi connectivity index (χ3v) is 1.71. The van der Waals surface area contributed by atoms with Crippen LogP contribution < -0.4 is 0 Å². The first-order valence-electron chi connectivity index (χ1n) is 4.35. The average molecular weight is 226 g/mol. The Labute approximate surface area is 100 Å². The summed E-state index contributed by atoms with van der Waals surface area (Å²) in [6.07, 6.45) is 18.2. The topological polar surface area (TPSA) is 0 Å². The molecule has 2 saturated carbocycles. The number of rotatable bonds is 1. The van der Waals surface area contributed by atoms with Gasteiger partial charge in [-0.05, 0) is 64.7 Å². The molecule has 0 spiro atoms. The van der Waals surface area contributed by atoms with Gasteiger partial charge >= 0.3 is 0 Å². The van der Waals surface area contributed by atoms with Crippen LogP contribution in [0.4, 0.5) is 0 Å². The van der Waals surface area contributed by atoms with Gasteiger partial charge in [-0.25, -0.2) is 0 Å². The predicted octanol–water partition coefficient (Wildman–Crippen LogP) is 2.99. The van der Waals surface area contributed by atoms with Gasteiger partial charge in [-0.3, -0.25) is 0 Å². The molecule has 0 saturated heterocycles. The molecule has 0 amide bonds. The van der Waals surface area contributed by atoms with Crippen molar-refractivity contribution in [2.75, 3.05) is 0 Å². The fourth-order valence-corrected chi connectivity index (χ4v) is 0.979. The molecule has 74 valence electrons. The van der Waals surface area contributed by atoms with Crippen molar-refractivity contribution in [2.24, 2.45) is 0 Å². The average Bonchev–Trinajstić information content (AvgIpc) is 2.82. The summed E-state index contributed by atoms with van der Waals surface area (Å²) in [5.74, 6) is 1.24. The molecule has 0 atom stereocenters. The normalized spacial score (nSPS) is 20.9. The molecule has 0 aromatic carbocycles. The SMILES string of the molecule is C=C(C)[C]1[CH][CH][CH][CH]1.[CH]1[CH][CH][CH][CH]1.[Fe]. The zero-order chi connectivity index (χ0) is 9.52. The van der Waals surface area contributed by atoms with Crippen molar-refractivity contribution in [3.05, 3.63) is 75.9 Å². The molecule has 0 unspecified atom stereocenters. The van der Waals surface area contributed by atoms with Gasteiger partial charge in [0.15, 0.2) is 0 Å². The third kappa shape index (κ3) is 5.88. The van der Waals surface area contributed by atoms with Crippen LogP contribution in [-0.4, -0.2) is 0 Å².